The third-order valence-electron chi connectivity index (χ3n) is 3.66. The van der Waals surface area contributed by atoms with Gasteiger partial charge in [-0.1, -0.05) is 24.4 Å². The lowest BCUT2D eigenvalue weighted by atomic mass is 10.2. The number of hydrazine groups is 1. The number of benzene rings is 1. The second-order valence-electron chi connectivity index (χ2n) is 5.47. The third kappa shape index (κ3) is 6.64. The van der Waals surface area contributed by atoms with Gasteiger partial charge in [0.2, 0.25) is 0 Å². The topological polar surface area (TPSA) is 53.6 Å². The fraction of sp³-hybridized carbons (Fsp3) is 0.562. The van der Waals surface area contributed by atoms with E-state index in [-0.39, 0.29) is 12.5 Å². The van der Waals surface area contributed by atoms with E-state index in [0.29, 0.717) is 10.8 Å². The number of likely N-dealkylation sites (tertiary alicyclic amines) is 1. The van der Waals surface area contributed by atoms with Gasteiger partial charge in [-0.25, -0.2) is 5.43 Å². The summed E-state index contributed by atoms with van der Waals surface area (Å²) in [6.07, 6.45) is 5.23. The minimum absolute atomic E-state index is 0.0155. The van der Waals surface area contributed by atoms with Crippen molar-refractivity contribution >= 4 is 17.5 Å². The summed E-state index contributed by atoms with van der Waals surface area (Å²) >= 11 is 5.78. The molecule has 1 amide bonds. The largest absolute Gasteiger partial charge is 0.484 e. The molecule has 1 heterocycles. The molecule has 6 heteroatoms. The van der Waals surface area contributed by atoms with Gasteiger partial charge in [0.25, 0.3) is 5.91 Å². The molecule has 1 saturated heterocycles. The average Bonchev–Trinajstić information content (AvgIpc) is 2.80. The van der Waals surface area contributed by atoms with Gasteiger partial charge in [0.15, 0.2) is 6.61 Å². The number of amides is 1. The molecule has 0 aliphatic carbocycles. The van der Waals surface area contributed by atoms with E-state index in [4.69, 9.17) is 16.3 Å². The van der Waals surface area contributed by atoms with E-state index in [1.165, 1.54) is 25.7 Å². The van der Waals surface area contributed by atoms with Gasteiger partial charge in [-0.05, 0) is 50.2 Å². The molecule has 0 aromatic heterocycles. The number of hydrogen-bond donors (Lipinski definition) is 2. The molecule has 0 atom stereocenters. The van der Waals surface area contributed by atoms with E-state index in [1.807, 2.05) is 0 Å². The predicted octanol–water partition coefficient (Wildman–Crippen LogP) is 2.22. The van der Waals surface area contributed by atoms with E-state index >= 15 is 0 Å². The number of nitrogens with zero attached hydrogens (tertiary/aromatic N) is 1. The highest BCUT2D eigenvalue weighted by Crippen LogP contribution is 2.15. The van der Waals surface area contributed by atoms with Gasteiger partial charge in [0.05, 0.1) is 0 Å². The molecular weight excluding hydrogens is 302 g/mol. The van der Waals surface area contributed by atoms with Crippen molar-refractivity contribution in [1.29, 1.82) is 0 Å². The van der Waals surface area contributed by atoms with Crippen molar-refractivity contribution in [1.82, 2.24) is 15.8 Å². The third-order valence-corrected chi connectivity index (χ3v) is 3.92. The van der Waals surface area contributed by atoms with Crippen molar-refractivity contribution in [3.05, 3.63) is 29.3 Å². The van der Waals surface area contributed by atoms with Crippen LogP contribution >= 0.6 is 11.6 Å². The van der Waals surface area contributed by atoms with Crippen molar-refractivity contribution in [2.24, 2.45) is 0 Å². The van der Waals surface area contributed by atoms with Gasteiger partial charge < -0.3 is 9.64 Å². The van der Waals surface area contributed by atoms with Gasteiger partial charge in [0, 0.05) is 18.1 Å². The fourth-order valence-corrected chi connectivity index (χ4v) is 2.58. The summed E-state index contributed by atoms with van der Waals surface area (Å²) in [5.74, 6) is 0.440. The molecular formula is C16H24ClN3O2. The van der Waals surface area contributed by atoms with Crippen LogP contribution in [0.25, 0.3) is 0 Å². The van der Waals surface area contributed by atoms with Gasteiger partial charge in [0.1, 0.15) is 5.75 Å². The average molecular weight is 326 g/mol. The molecule has 2 N–H and O–H groups in total. The zero-order valence-electron chi connectivity index (χ0n) is 12.8. The Labute approximate surface area is 136 Å². The molecule has 0 saturated carbocycles. The van der Waals surface area contributed by atoms with Crippen LogP contribution in [0.1, 0.15) is 25.7 Å². The minimum atomic E-state index is -0.189. The Kier molecular flexibility index (Phi) is 7.49. The summed E-state index contributed by atoms with van der Waals surface area (Å²) in [6.45, 7) is 4.01. The lowest BCUT2D eigenvalue weighted by molar-refractivity contribution is -0.124. The molecule has 1 aliphatic heterocycles. The summed E-state index contributed by atoms with van der Waals surface area (Å²) in [6, 6.07) is 6.94. The minimum Gasteiger partial charge on any atom is -0.484 e. The Morgan fingerprint density at radius 2 is 1.82 bits per heavy atom. The zero-order chi connectivity index (χ0) is 15.6. The van der Waals surface area contributed by atoms with E-state index in [1.54, 1.807) is 24.3 Å². The Bertz CT molecular complexity index is 445. The Morgan fingerprint density at radius 3 is 2.50 bits per heavy atom. The second-order valence-corrected chi connectivity index (χ2v) is 5.91. The normalized spacial score (nSPS) is 16.0. The fourth-order valence-electron chi connectivity index (χ4n) is 2.45. The maximum atomic E-state index is 11.7. The standard InChI is InChI=1S/C16H24ClN3O2/c17-14-5-7-15(8-6-14)22-13-16(21)19-18-9-12-20-10-3-1-2-4-11-20/h5-8,18H,1-4,9-13H2,(H,19,21). The van der Waals surface area contributed by atoms with Crippen LogP contribution in [0.15, 0.2) is 24.3 Å². The number of carbonyl (C=O) groups is 1. The maximum Gasteiger partial charge on any atom is 0.271 e. The van der Waals surface area contributed by atoms with E-state index in [9.17, 15) is 4.79 Å². The first-order valence-electron chi connectivity index (χ1n) is 7.86. The van der Waals surface area contributed by atoms with Crippen LogP contribution in [0.5, 0.6) is 5.75 Å². The van der Waals surface area contributed by atoms with Crippen molar-refractivity contribution in [2.75, 3.05) is 32.8 Å². The number of hydrogen-bond acceptors (Lipinski definition) is 4. The molecule has 1 aromatic rings. The molecule has 0 radical (unpaired) electrons. The molecule has 122 valence electrons. The van der Waals surface area contributed by atoms with Crippen LogP contribution < -0.4 is 15.6 Å². The summed E-state index contributed by atoms with van der Waals surface area (Å²) < 4.78 is 5.37. The lowest BCUT2D eigenvalue weighted by Gasteiger charge is -2.19. The van der Waals surface area contributed by atoms with Crippen LogP contribution in [0, 0.1) is 0 Å². The van der Waals surface area contributed by atoms with Crippen LogP contribution in [0.3, 0.4) is 0 Å². The van der Waals surface area contributed by atoms with Crippen molar-refractivity contribution in [3.8, 4) is 5.75 Å². The van der Waals surface area contributed by atoms with Crippen molar-refractivity contribution in [3.63, 3.8) is 0 Å². The van der Waals surface area contributed by atoms with Crippen LogP contribution in [0.2, 0.25) is 5.02 Å². The molecule has 1 aliphatic rings. The first-order chi connectivity index (χ1) is 10.7. The number of ether oxygens (including phenoxy) is 1. The van der Waals surface area contributed by atoms with Crippen LogP contribution in [-0.4, -0.2) is 43.6 Å². The summed E-state index contributed by atoms with van der Waals surface area (Å²) in [7, 11) is 0. The smallest absolute Gasteiger partial charge is 0.271 e. The van der Waals surface area contributed by atoms with E-state index in [0.717, 1.165) is 26.2 Å². The SMILES string of the molecule is O=C(COc1ccc(Cl)cc1)NNCCN1CCCCCC1. The first kappa shape index (κ1) is 17.1. The predicted molar refractivity (Wildman–Crippen MR) is 88.0 cm³/mol. The number of carbonyl (C=O) groups excluding carboxylic acids is 1. The molecule has 0 unspecified atom stereocenters. The van der Waals surface area contributed by atoms with Crippen LogP contribution in [-0.2, 0) is 4.79 Å². The number of nitrogens with one attached hydrogen (secondary N) is 2. The monoisotopic (exact) mass is 325 g/mol. The van der Waals surface area contributed by atoms with E-state index in [2.05, 4.69) is 15.8 Å². The Balaban J connectivity index is 1.54. The summed E-state index contributed by atoms with van der Waals surface area (Å²) in [4.78, 5) is 14.1. The number of rotatable bonds is 7. The molecule has 5 nitrogen and oxygen atoms in total. The highest BCUT2D eigenvalue weighted by Gasteiger charge is 2.08. The maximum absolute atomic E-state index is 11.7. The molecule has 0 spiro atoms. The molecule has 1 fully saturated rings. The molecule has 1 aromatic carbocycles. The first-order valence-corrected chi connectivity index (χ1v) is 8.24. The van der Waals surface area contributed by atoms with Gasteiger partial charge in [-0.3, -0.25) is 10.2 Å². The van der Waals surface area contributed by atoms with Gasteiger partial charge >= 0.3 is 0 Å². The summed E-state index contributed by atoms with van der Waals surface area (Å²) in [5, 5.41) is 0.645. The highest BCUT2D eigenvalue weighted by atomic mass is 35.5. The lowest BCUT2D eigenvalue weighted by Crippen LogP contribution is -2.44. The molecule has 0 bridgehead atoms. The Morgan fingerprint density at radius 1 is 1.14 bits per heavy atom. The quantitative estimate of drug-likeness (QED) is 0.596. The van der Waals surface area contributed by atoms with Crippen molar-refractivity contribution < 1.29 is 9.53 Å². The van der Waals surface area contributed by atoms with Crippen LogP contribution in [0.4, 0.5) is 0 Å². The number of halogens is 1. The summed E-state index contributed by atoms with van der Waals surface area (Å²) in [5.41, 5.74) is 5.61. The second kappa shape index (κ2) is 9.66. The van der Waals surface area contributed by atoms with Crippen molar-refractivity contribution in [2.45, 2.75) is 25.7 Å². The molecule has 22 heavy (non-hydrogen) atoms. The van der Waals surface area contributed by atoms with Gasteiger partial charge in [-0.15, -0.1) is 0 Å². The van der Waals surface area contributed by atoms with Gasteiger partial charge in [-0.2, -0.15) is 0 Å². The Hall–Kier alpha value is -1.30. The highest BCUT2D eigenvalue weighted by molar-refractivity contribution is 6.30. The molecule has 2 rings (SSSR count). The van der Waals surface area contributed by atoms with E-state index < -0.39 is 0 Å². The zero-order valence-corrected chi connectivity index (χ0v) is 13.6.